The number of carbonyl (C=O) groups excluding carboxylic acids is 1. The minimum atomic E-state index is -0.458. The van der Waals surface area contributed by atoms with Crippen molar-refractivity contribution in [2.24, 2.45) is 0 Å². The van der Waals surface area contributed by atoms with E-state index in [9.17, 15) is 4.79 Å². The molecule has 1 amide bonds. The van der Waals surface area contributed by atoms with E-state index in [0.29, 0.717) is 23.7 Å². The second kappa shape index (κ2) is 7.60. The molecule has 3 aromatic rings. The highest BCUT2D eigenvalue weighted by Crippen LogP contribution is 2.42. The number of aromatic nitrogens is 1. The SMILES string of the molecule is CCOc1cccc([C@H]2Nc3ccccc3C(=O)N2c2ccncc2)c1OC. The molecule has 6 heteroatoms. The number of methoxy groups -OCH3 is 1. The maximum absolute atomic E-state index is 13.4. The van der Waals surface area contributed by atoms with E-state index in [4.69, 9.17) is 9.47 Å². The van der Waals surface area contributed by atoms with Crippen LogP contribution in [0, 0.1) is 0 Å². The van der Waals surface area contributed by atoms with Crippen molar-refractivity contribution in [1.82, 2.24) is 4.98 Å². The number of nitrogens with one attached hydrogen (secondary N) is 1. The molecule has 0 saturated heterocycles. The minimum Gasteiger partial charge on any atom is -0.492 e. The van der Waals surface area contributed by atoms with Crippen molar-refractivity contribution in [2.75, 3.05) is 23.9 Å². The van der Waals surface area contributed by atoms with Crippen LogP contribution in [-0.4, -0.2) is 24.6 Å². The minimum absolute atomic E-state index is 0.0885. The Morgan fingerprint density at radius 3 is 2.61 bits per heavy atom. The molecular weight excluding hydrogens is 354 g/mol. The van der Waals surface area contributed by atoms with Gasteiger partial charge in [0.25, 0.3) is 5.91 Å². The molecule has 0 radical (unpaired) electrons. The lowest BCUT2D eigenvalue weighted by Gasteiger charge is -2.38. The van der Waals surface area contributed by atoms with Gasteiger partial charge in [0, 0.05) is 29.3 Å². The summed E-state index contributed by atoms with van der Waals surface area (Å²) in [5.41, 5.74) is 2.96. The first-order chi connectivity index (χ1) is 13.7. The fraction of sp³-hybridized carbons (Fsp3) is 0.182. The molecule has 1 aromatic heterocycles. The van der Waals surface area contributed by atoms with E-state index >= 15 is 0 Å². The summed E-state index contributed by atoms with van der Waals surface area (Å²) >= 11 is 0. The number of amides is 1. The van der Waals surface area contributed by atoms with E-state index in [1.807, 2.05) is 61.5 Å². The zero-order chi connectivity index (χ0) is 19.5. The largest absolute Gasteiger partial charge is 0.492 e. The highest BCUT2D eigenvalue weighted by atomic mass is 16.5. The first-order valence-corrected chi connectivity index (χ1v) is 9.13. The smallest absolute Gasteiger partial charge is 0.262 e. The molecule has 0 spiro atoms. The van der Waals surface area contributed by atoms with Crippen molar-refractivity contribution in [3.8, 4) is 11.5 Å². The predicted octanol–water partition coefficient (Wildman–Crippen LogP) is 4.26. The Bertz CT molecular complexity index is 991. The van der Waals surface area contributed by atoms with Crippen LogP contribution in [0.1, 0.15) is 29.0 Å². The molecule has 28 heavy (non-hydrogen) atoms. The van der Waals surface area contributed by atoms with Crippen molar-refractivity contribution in [3.05, 3.63) is 78.1 Å². The summed E-state index contributed by atoms with van der Waals surface area (Å²) < 4.78 is 11.4. The monoisotopic (exact) mass is 375 g/mol. The molecule has 1 atom stereocenters. The molecule has 0 bridgehead atoms. The van der Waals surface area contributed by atoms with Gasteiger partial charge in [0.1, 0.15) is 6.17 Å². The van der Waals surface area contributed by atoms with Gasteiger partial charge in [-0.3, -0.25) is 14.7 Å². The molecular formula is C22H21N3O3. The number of carbonyl (C=O) groups is 1. The van der Waals surface area contributed by atoms with Crippen LogP contribution in [-0.2, 0) is 0 Å². The van der Waals surface area contributed by atoms with Gasteiger partial charge in [0.05, 0.1) is 19.3 Å². The van der Waals surface area contributed by atoms with Gasteiger partial charge in [-0.2, -0.15) is 0 Å². The second-order valence-corrected chi connectivity index (χ2v) is 6.28. The molecule has 0 saturated carbocycles. The van der Waals surface area contributed by atoms with Gasteiger partial charge in [-0.05, 0) is 37.3 Å². The number of rotatable bonds is 5. The molecule has 0 aliphatic carbocycles. The molecule has 2 aromatic carbocycles. The summed E-state index contributed by atoms with van der Waals surface area (Å²) in [4.78, 5) is 19.2. The summed E-state index contributed by atoms with van der Waals surface area (Å²) in [5, 5.41) is 3.49. The van der Waals surface area contributed by atoms with Crippen molar-refractivity contribution < 1.29 is 14.3 Å². The molecule has 142 valence electrons. The topological polar surface area (TPSA) is 63.7 Å². The Morgan fingerprint density at radius 2 is 1.86 bits per heavy atom. The number of hydrogen-bond acceptors (Lipinski definition) is 5. The highest BCUT2D eigenvalue weighted by Gasteiger charge is 2.36. The third-order valence-electron chi connectivity index (χ3n) is 4.68. The third kappa shape index (κ3) is 3.03. The van der Waals surface area contributed by atoms with Crippen molar-refractivity contribution in [1.29, 1.82) is 0 Å². The van der Waals surface area contributed by atoms with Crippen molar-refractivity contribution in [2.45, 2.75) is 13.1 Å². The Kier molecular flexibility index (Phi) is 4.85. The van der Waals surface area contributed by atoms with Gasteiger partial charge in [0.15, 0.2) is 11.5 Å². The van der Waals surface area contributed by atoms with Crippen LogP contribution < -0.4 is 19.7 Å². The lowest BCUT2D eigenvalue weighted by atomic mass is 10.0. The first kappa shape index (κ1) is 17.9. The lowest BCUT2D eigenvalue weighted by molar-refractivity contribution is 0.0974. The fourth-order valence-electron chi connectivity index (χ4n) is 3.48. The van der Waals surface area contributed by atoms with E-state index in [0.717, 1.165) is 16.9 Å². The van der Waals surface area contributed by atoms with Gasteiger partial charge in [-0.15, -0.1) is 0 Å². The molecule has 4 rings (SSSR count). The Balaban J connectivity index is 1.89. The van der Waals surface area contributed by atoms with Crippen molar-refractivity contribution >= 4 is 17.3 Å². The Morgan fingerprint density at radius 1 is 1.07 bits per heavy atom. The number of ether oxygens (including phenoxy) is 2. The van der Waals surface area contributed by atoms with E-state index in [1.165, 1.54) is 0 Å². The molecule has 1 aliphatic rings. The van der Waals surface area contributed by atoms with Crippen LogP contribution in [0.5, 0.6) is 11.5 Å². The number of hydrogen-bond donors (Lipinski definition) is 1. The summed E-state index contributed by atoms with van der Waals surface area (Å²) in [6.07, 6.45) is 2.89. The summed E-state index contributed by atoms with van der Waals surface area (Å²) in [6.45, 7) is 2.45. The standard InChI is InChI=1S/C22H21N3O3/c1-3-28-19-10-6-8-17(20(19)27-2)21-24-18-9-5-4-7-16(18)22(26)25(21)15-11-13-23-14-12-15/h4-14,21,24H,3H2,1-2H3/t21-/m0/s1. The van der Waals surface area contributed by atoms with Crippen LogP contribution in [0.2, 0.25) is 0 Å². The molecule has 1 aliphatic heterocycles. The van der Waals surface area contributed by atoms with Gasteiger partial charge in [-0.1, -0.05) is 24.3 Å². The number of fused-ring (bicyclic) bond motifs is 1. The predicted molar refractivity (Wildman–Crippen MR) is 108 cm³/mol. The average Bonchev–Trinajstić information content (AvgIpc) is 2.74. The molecule has 2 heterocycles. The van der Waals surface area contributed by atoms with E-state index in [1.54, 1.807) is 24.4 Å². The van der Waals surface area contributed by atoms with Crippen LogP contribution in [0.25, 0.3) is 0 Å². The number of nitrogens with zero attached hydrogens (tertiary/aromatic N) is 2. The lowest BCUT2D eigenvalue weighted by Crippen LogP contribution is -2.43. The highest BCUT2D eigenvalue weighted by molar-refractivity contribution is 6.12. The molecule has 1 N–H and O–H groups in total. The normalized spacial score (nSPS) is 15.6. The average molecular weight is 375 g/mol. The Labute approximate surface area is 163 Å². The van der Waals surface area contributed by atoms with Crippen LogP contribution in [0.4, 0.5) is 11.4 Å². The fourth-order valence-corrected chi connectivity index (χ4v) is 3.48. The number of pyridine rings is 1. The maximum Gasteiger partial charge on any atom is 0.262 e. The van der Waals surface area contributed by atoms with Crippen molar-refractivity contribution in [3.63, 3.8) is 0 Å². The maximum atomic E-state index is 13.4. The zero-order valence-electron chi connectivity index (χ0n) is 15.8. The Hall–Kier alpha value is -3.54. The number of anilines is 2. The number of benzene rings is 2. The van der Waals surface area contributed by atoms with Gasteiger partial charge in [-0.25, -0.2) is 0 Å². The molecule has 0 fully saturated rings. The first-order valence-electron chi connectivity index (χ1n) is 9.13. The van der Waals surface area contributed by atoms with Crippen LogP contribution in [0.15, 0.2) is 67.0 Å². The van der Waals surface area contributed by atoms with E-state index in [2.05, 4.69) is 10.3 Å². The van der Waals surface area contributed by atoms with Gasteiger partial charge < -0.3 is 14.8 Å². The van der Waals surface area contributed by atoms with Crippen LogP contribution >= 0.6 is 0 Å². The van der Waals surface area contributed by atoms with Crippen LogP contribution in [0.3, 0.4) is 0 Å². The second-order valence-electron chi connectivity index (χ2n) is 6.28. The molecule has 0 unspecified atom stereocenters. The zero-order valence-corrected chi connectivity index (χ0v) is 15.8. The van der Waals surface area contributed by atoms with Gasteiger partial charge >= 0.3 is 0 Å². The summed E-state index contributed by atoms with van der Waals surface area (Å²) in [5.74, 6) is 1.16. The van der Waals surface area contributed by atoms with E-state index in [-0.39, 0.29) is 5.91 Å². The summed E-state index contributed by atoms with van der Waals surface area (Å²) in [6, 6.07) is 16.8. The third-order valence-corrected chi connectivity index (χ3v) is 4.68. The summed E-state index contributed by atoms with van der Waals surface area (Å²) in [7, 11) is 1.61. The van der Waals surface area contributed by atoms with E-state index < -0.39 is 6.17 Å². The quantitative estimate of drug-likeness (QED) is 0.722. The van der Waals surface area contributed by atoms with Gasteiger partial charge in [0.2, 0.25) is 0 Å². The number of para-hydroxylation sites is 2. The molecule has 6 nitrogen and oxygen atoms in total.